The molecule has 1 rings (SSSR count). The number of ether oxygens (including phenoxy) is 1. The average molecular weight is 330 g/mol. The second kappa shape index (κ2) is 7.05. The van der Waals surface area contributed by atoms with Gasteiger partial charge in [-0.25, -0.2) is 4.79 Å². The van der Waals surface area contributed by atoms with Gasteiger partial charge < -0.3 is 25.2 Å². The van der Waals surface area contributed by atoms with Crippen LogP contribution in [0.3, 0.4) is 0 Å². The molecule has 3 N–H and O–H groups in total. The minimum atomic E-state index is -0.902. The number of nitrogens with zero attached hydrogens (tertiary/aromatic N) is 1. The van der Waals surface area contributed by atoms with Gasteiger partial charge in [-0.3, -0.25) is 4.79 Å². The van der Waals surface area contributed by atoms with Crippen LogP contribution in [0.15, 0.2) is 0 Å². The molecule has 1 amide bonds. The molecule has 0 aliphatic carbocycles. The van der Waals surface area contributed by atoms with E-state index >= 15 is 0 Å². The van der Waals surface area contributed by atoms with Gasteiger partial charge in [0.15, 0.2) is 0 Å². The molecule has 1 aliphatic heterocycles. The van der Waals surface area contributed by atoms with Crippen molar-refractivity contribution >= 4 is 12.1 Å². The summed E-state index contributed by atoms with van der Waals surface area (Å²) in [6.45, 7) is 10.7. The fourth-order valence-electron chi connectivity index (χ4n) is 2.53. The Labute approximate surface area is 138 Å². The highest BCUT2D eigenvalue weighted by Crippen LogP contribution is 2.29. The number of nitrogens with one attached hydrogen (secondary N) is 1. The van der Waals surface area contributed by atoms with Crippen LogP contribution in [0.2, 0.25) is 0 Å². The molecule has 1 fully saturated rings. The van der Waals surface area contributed by atoms with Crippen LogP contribution in [0.25, 0.3) is 0 Å². The number of rotatable bonds is 7. The molecule has 1 aliphatic rings. The van der Waals surface area contributed by atoms with Crippen molar-refractivity contribution in [3.8, 4) is 0 Å². The first-order chi connectivity index (χ1) is 10.4. The maximum atomic E-state index is 12.0. The van der Waals surface area contributed by atoms with Gasteiger partial charge in [0.05, 0.1) is 12.0 Å². The maximum Gasteiger partial charge on any atom is 0.410 e. The van der Waals surface area contributed by atoms with Gasteiger partial charge in [-0.15, -0.1) is 0 Å². The van der Waals surface area contributed by atoms with Crippen molar-refractivity contribution < 1.29 is 24.5 Å². The normalized spacial score (nSPS) is 17.6. The van der Waals surface area contributed by atoms with Crippen molar-refractivity contribution in [2.24, 2.45) is 5.41 Å². The number of likely N-dealkylation sites (tertiary alicyclic amines) is 1. The van der Waals surface area contributed by atoms with E-state index in [0.717, 1.165) is 0 Å². The zero-order valence-electron chi connectivity index (χ0n) is 14.8. The van der Waals surface area contributed by atoms with Crippen LogP contribution in [-0.2, 0) is 9.53 Å². The first-order valence-corrected chi connectivity index (χ1v) is 7.94. The summed E-state index contributed by atoms with van der Waals surface area (Å²) in [5.41, 5.74) is -1.35. The highest BCUT2D eigenvalue weighted by molar-refractivity contribution is 5.73. The van der Waals surface area contributed by atoms with Crippen LogP contribution < -0.4 is 5.32 Å². The zero-order valence-corrected chi connectivity index (χ0v) is 14.8. The molecule has 0 radical (unpaired) electrons. The van der Waals surface area contributed by atoms with Crippen LogP contribution in [0.1, 0.15) is 47.5 Å². The molecule has 0 atom stereocenters. The number of aliphatic carboxylic acids is 1. The number of amides is 1. The predicted molar refractivity (Wildman–Crippen MR) is 86.3 cm³/mol. The second-order valence-corrected chi connectivity index (χ2v) is 8.18. The Bertz CT molecular complexity index is 436. The van der Waals surface area contributed by atoms with Gasteiger partial charge in [-0.1, -0.05) is 13.8 Å². The fourth-order valence-corrected chi connectivity index (χ4v) is 2.53. The van der Waals surface area contributed by atoms with Crippen LogP contribution in [0.4, 0.5) is 4.79 Å². The van der Waals surface area contributed by atoms with Crippen molar-refractivity contribution in [1.29, 1.82) is 0 Å². The first-order valence-electron chi connectivity index (χ1n) is 7.94. The number of hydrogen-bond donors (Lipinski definition) is 3. The van der Waals surface area contributed by atoms with E-state index in [-0.39, 0.29) is 18.4 Å². The van der Waals surface area contributed by atoms with Crippen molar-refractivity contribution in [3.63, 3.8) is 0 Å². The molecule has 7 heteroatoms. The maximum absolute atomic E-state index is 12.0. The first kappa shape index (κ1) is 19.7. The lowest BCUT2D eigenvalue weighted by molar-refractivity contribution is -0.141. The fraction of sp³-hybridized carbons (Fsp3) is 0.875. The molecular weight excluding hydrogens is 300 g/mol. The smallest absolute Gasteiger partial charge is 0.410 e. The highest BCUT2D eigenvalue weighted by atomic mass is 16.6. The van der Waals surface area contributed by atoms with Crippen LogP contribution in [0, 0.1) is 5.41 Å². The summed E-state index contributed by atoms with van der Waals surface area (Å²) in [4.78, 5) is 24.7. The Morgan fingerprint density at radius 1 is 1.22 bits per heavy atom. The third kappa shape index (κ3) is 6.35. The van der Waals surface area contributed by atoms with Crippen molar-refractivity contribution in [2.75, 3.05) is 26.2 Å². The largest absolute Gasteiger partial charge is 0.481 e. The molecule has 0 unspecified atom stereocenters. The van der Waals surface area contributed by atoms with Gasteiger partial charge in [-0.05, 0) is 32.6 Å². The summed E-state index contributed by atoms with van der Waals surface area (Å²) in [7, 11) is 0. The summed E-state index contributed by atoms with van der Waals surface area (Å²) < 4.78 is 5.30. The summed E-state index contributed by atoms with van der Waals surface area (Å²) in [5.74, 6) is -0.902. The van der Waals surface area contributed by atoms with Crippen molar-refractivity contribution in [1.82, 2.24) is 10.2 Å². The van der Waals surface area contributed by atoms with Gasteiger partial charge in [0, 0.05) is 26.2 Å². The summed E-state index contributed by atoms with van der Waals surface area (Å²) in [5, 5.41) is 21.5. The summed E-state index contributed by atoms with van der Waals surface area (Å²) in [6.07, 6.45) is 0.149. The van der Waals surface area contributed by atoms with Gasteiger partial charge in [0.1, 0.15) is 5.60 Å². The third-order valence-corrected chi connectivity index (χ3v) is 3.86. The second-order valence-electron chi connectivity index (χ2n) is 8.18. The lowest BCUT2D eigenvalue weighted by Crippen LogP contribution is -2.72. The van der Waals surface area contributed by atoms with E-state index in [1.807, 2.05) is 13.8 Å². The van der Waals surface area contributed by atoms with Gasteiger partial charge in [0.25, 0.3) is 0 Å². The molecule has 0 bridgehead atoms. The zero-order chi connectivity index (χ0) is 17.9. The van der Waals surface area contributed by atoms with Gasteiger partial charge >= 0.3 is 12.1 Å². The Kier molecular flexibility index (Phi) is 6.04. The molecule has 7 nitrogen and oxygen atoms in total. The molecule has 1 saturated heterocycles. The Morgan fingerprint density at radius 3 is 2.22 bits per heavy atom. The molecule has 0 saturated carbocycles. The minimum absolute atomic E-state index is 0.0541. The average Bonchev–Trinajstić information content (AvgIpc) is 2.28. The van der Waals surface area contributed by atoms with E-state index < -0.39 is 23.2 Å². The van der Waals surface area contributed by atoms with E-state index in [9.17, 15) is 9.59 Å². The lowest BCUT2D eigenvalue weighted by atomic mass is 9.83. The molecule has 0 aromatic carbocycles. The van der Waals surface area contributed by atoms with Crippen molar-refractivity contribution in [3.05, 3.63) is 0 Å². The monoisotopic (exact) mass is 330 g/mol. The van der Waals surface area contributed by atoms with Crippen LogP contribution in [0.5, 0.6) is 0 Å². The molecule has 0 spiro atoms. The number of carbonyl (C=O) groups excluding carboxylic acids is 1. The van der Waals surface area contributed by atoms with Gasteiger partial charge in [-0.2, -0.15) is 0 Å². The number of aliphatic hydroxyl groups is 1. The standard InChI is InChI=1S/C16H30N2O5/c1-14(2,3)23-13(22)18-10-16(11-18,8-12(20)21)17-9-15(4,5)6-7-19/h17,19H,6-11H2,1-5H3,(H,20,21). The van der Waals surface area contributed by atoms with E-state index in [1.54, 1.807) is 20.8 Å². The summed E-state index contributed by atoms with van der Waals surface area (Å²) >= 11 is 0. The van der Waals surface area contributed by atoms with Crippen LogP contribution in [-0.4, -0.2) is 64.6 Å². The van der Waals surface area contributed by atoms with E-state index in [1.165, 1.54) is 4.90 Å². The number of carbonyl (C=O) groups is 2. The Morgan fingerprint density at radius 2 is 1.78 bits per heavy atom. The van der Waals surface area contributed by atoms with E-state index in [0.29, 0.717) is 26.1 Å². The number of hydrogen-bond acceptors (Lipinski definition) is 5. The number of aliphatic hydroxyl groups excluding tert-OH is 1. The third-order valence-electron chi connectivity index (χ3n) is 3.86. The quantitative estimate of drug-likeness (QED) is 0.653. The number of carboxylic acids is 1. The molecule has 0 aromatic rings. The van der Waals surface area contributed by atoms with Crippen molar-refractivity contribution in [2.45, 2.75) is 58.6 Å². The highest BCUT2D eigenvalue weighted by Gasteiger charge is 2.48. The molecular formula is C16H30N2O5. The summed E-state index contributed by atoms with van der Waals surface area (Å²) in [6, 6.07) is 0. The molecule has 1 heterocycles. The minimum Gasteiger partial charge on any atom is -0.481 e. The topological polar surface area (TPSA) is 99.1 Å². The predicted octanol–water partition coefficient (Wildman–Crippen LogP) is 1.45. The Balaban J connectivity index is 2.63. The SMILES string of the molecule is CC(C)(CCO)CNC1(CC(=O)O)CN(C(=O)OC(C)(C)C)C1. The lowest BCUT2D eigenvalue weighted by Gasteiger charge is -2.50. The van der Waals surface area contributed by atoms with E-state index in [2.05, 4.69) is 5.32 Å². The van der Waals surface area contributed by atoms with Crippen LogP contribution >= 0.6 is 0 Å². The molecule has 23 heavy (non-hydrogen) atoms. The van der Waals surface area contributed by atoms with E-state index in [4.69, 9.17) is 14.9 Å². The molecule has 134 valence electrons. The van der Waals surface area contributed by atoms with Gasteiger partial charge in [0.2, 0.25) is 0 Å². The Hall–Kier alpha value is -1.34. The molecule has 0 aromatic heterocycles. The number of carboxylic acid groups (broad SMARTS) is 1.